The summed E-state index contributed by atoms with van der Waals surface area (Å²) in [4.78, 5) is 34.9. The van der Waals surface area contributed by atoms with Gasteiger partial charge < -0.3 is 14.4 Å². The minimum Gasteiger partial charge on any atom is -0.475 e. The quantitative estimate of drug-likeness (QED) is 0.404. The summed E-state index contributed by atoms with van der Waals surface area (Å²) >= 11 is 0.807. The van der Waals surface area contributed by atoms with Gasteiger partial charge in [0, 0.05) is 44.8 Å². The highest BCUT2D eigenvalue weighted by Crippen LogP contribution is 2.43. The number of hydrogen-bond donors (Lipinski definition) is 1. The van der Waals surface area contributed by atoms with Gasteiger partial charge in [-0.15, -0.1) is 0 Å². The molecule has 0 radical (unpaired) electrons. The number of nitrogens with one attached hydrogen (secondary N) is 1. The zero-order chi connectivity index (χ0) is 24.6. The molecule has 13 heteroatoms. The third kappa shape index (κ3) is 4.76. The van der Waals surface area contributed by atoms with E-state index in [1.54, 1.807) is 43.5 Å². The van der Waals surface area contributed by atoms with Gasteiger partial charge in [-0.1, -0.05) is 18.2 Å². The summed E-state index contributed by atoms with van der Waals surface area (Å²) in [5.41, 5.74) is 0.280. The molecule has 1 aromatic heterocycles. The van der Waals surface area contributed by atoms with Crippen LogP contribution in [0.15, 0.2) is 46.2 Å². The van der Waals surface area contributed by atoms with Crippen LogP contribution in [-0.2, 0) is 19.6 Å². The zero-order valence-electron chi connectivity index (χ0n) is 18.8. The zero-order valence-corrected chi connectivity index (χ0v) is 20.5. The number of carbonyl (C=O) groups excluding carboxylic acids is 2. The van der Waals surface area contributed by atoms with Gasteiger partial charge >= 0.3 is 0 Å². The van der Waals surface area contributed by atoms with Crippen molar-refractivity contribution in [1.82, 2.24) is 19.6 Å². The third-order valence-electron chi connectivity index (χ3n) is 5.91. The number of rotatable bonds is 8. The molecule has 0 atom stereocenters. The fourth-order valence-electron chi connectivity index (χ4n) is 4.22. The van der Waals surface area contributed by atoms with Gasteiger partial charge in [0.05, 0.1) is 22.1 Å². The van der Waals surface area contributed by atoms with E-state index in [0.717, 1.165) is 11.8 Å². The number of nitrogens with zero attached hydrogens (tertiary/aromatic N) is 4. The van der Waals surface area contributed by atoms with Crippen LogP contribution in [0.5, 0.6) is 5.88 Å². The molecule has 3 aliphatic heterocycles. The van der Waals surface area contributed by atoms with E-state index in [2.05, 4.69) is 15.3 Å². The monoisotopic (exact) mass is 517 g/mol. The number of aromatic nitrogens is 2. The van der Waals surface area contributed by atoms with Gasteiger partial charge in [0.2, 0.25) is 21.9 Å². The fourth-order valence-corrected chi connectivity index (χ4v) is 6.58. The van der Waals surface area contributed by atoms with Crippen molar-refractivity contribution in [2.75, 3.05) is 51.4 Å². The molecule has 0 saturated carbocycles. The molecule has 2 amide bonds. The van der Waals surface area contributed by atoms with E-state index >= 15 is 0 Å². The van der Waals surface area contributed by atoms with Gasteiger partial charge in [-0.3, -0.25) is 14.9 Å². The van der Waals surface area contributed by atoms with Crippen LogP contribution >= 0.6 is 11.8 Å². The molecule has 5 rings (SSSR count). The van der Waals surface area contributed by atoms with Crippen molar-refractivity contribution < 1.29 is 27.5 Å². The largest absolute Gasteiger partial charge is 0.475 e. The fraction of sp³-hybridized carbons (Fsp3) is 0.364. The average Bonchev–Trinajstić information content (AvgIpc) is 3.09. The number of thioether (sulfide) groups is 1. The summed E-state index contributed by atoms with van der Waals surface area (Å²) in [6.45, 7) is 2.72. The van der Waals surface area contributed by atoms with Crippen molar-refractivity contribution in [3.63, 3.8) is 0 Å². The smallest absolute Gasteiger partial charge is 0.290 e. The Morgan fingerprint density at radius 3 is 2.51 bits per heavy atom. The van der Waals surface area contributed by atoms with Crippen LogP contribution in [0.25, 0.3) is 6.08 Å². The Hall–Kier alpha value is -3.00. The highest BCUT2D eigenvalue weighted by Gasteiger charge is 2.56. The van der Waals surface area contributed by atoms with Gasteiger partial charge in [-0.05, 0) is 30.0 Å². The van der Waals surface area contributed by atoms with Gasteiger partial charge in [-0.25, -0.2) is 13.4 Å². The molecule has 11 nitrogen and oxygen atoms in total. The standard InChI is InChI=1S/C22H23N5O6S2/c1-32-7-8-33-18-10-15(9-17-19(28)25-21(29)34-17)23-20(24-18)26-11-22(12-26)13-27(14-22)35(30,31)16-5-3-2-4-6-16/h2-6,9-10H,7-8,11-14H2,1H3,(H,25,28,29)/b17-9+. The molecule has 35 heavy (non-hydrogen) atoms. The van der Waals surface area contributed by atoms with E-state index in [0.29, 0.717) is 55.2 Å². The Labute approximate surface area is 206 Å². The first-order valence-electron chi connectivity index (χ1n) is 10.8. The molecule has 3 fully saturated rings. The van der Waals surface area contributed by atoms with E-state index < -0.39 is 21.2 Å². The number of anilines is 1. The SMILES string of the molecule is COCCOc1cc(/C=C2/SC(=O)NC2=O)nc(N2CC3(C2)CN(S(=O)(=O)c2ccccc2)C3)n1. The normalized spacial score (nSPS) is 20.6. The molecule has 0 unspecified atom stereocenters. The van der Waals surface area contributed by atoms with Crippen molar-refractivity contribution in [2.45, 2.75) is 4.90 Å². The molecule has 184 valence electrons. The predicted molar refractivity (Wildman–Crippen MR) is 128 cm³/mol. The lowest BCUT2D eigenvalue weighted by Gasteiger charge is -2.59. The van der Waals surface area contributed by atoms with Crippen LogP contribution in [0.4, 0.5) is 10.7 Å². The number of sulfonamides is 1. The summed E-state index contributed by atoms with van der Waals surface area (Å²) in [5.74, 6) is 0.257. The second kappa shape index (κ2) is 9.22. The maximum absolute atomic E-state index is 12.8. The summed E-state index contributed by atoms with van der Waals surface area (Å²) < 4.78 is 37.8. The van der Waals surface area contributed by atoms with Crippen LogP contribution in [0.2, 0.25) is 0 Å². The van der Waals surface area contributed by atoms with Gasteiger partial charge in [0.15, 0.2) is 0 Å². The maximum Gasteiger partial charge on any atom is 0.290 e. The molecule has 1 aromatic carbocycles. The molecule has 1 spiro atoms. The van der Waals surface area contributed by atoms with Crippen molar-refractivity contribution in [3.05, 3.63) is 47.0 Å². The van der Waals surface area contributed by atoms with Crippen molar-refractivity contribution >= 4 is 45.0 Å². The molecule has 3 aliphatic rings. The number of amides is 2. The molecule has 0 bridgehead atoms. The number of benzene rings is 1. The third-order valence-corrected chi connectivity index (χ3v) is 8.53. The van der Waals surface area contributed by atoms with Crippen LogP contribution in [-0.4, -0.2) is 80.3 Å². The van der Waals surface area contributed by atoms with Crippen molar-refractivity contribution in [2.24, 2.45) is 5.41 Å². The van der Waals surface area contributed by atoms with Crippen LogP contribution < -0.4 is 15.0 Å². The Kier molecular flexibility index (Phi) is 6.25. The highest BCUT2D eigenvalue weighted by atomic mass is 32.2. The summed E-state index contributed by atoms with van der Waals surface area (Å²) in [6.07, 6.45) is 1.52. The Morgan fingerprint density at radius 2 is 1.86 bits per heavy atom. The van der Waals surface area contributed by atoms with E-state index in [1.807, 2.05) is 4.90 Å². The lowest BCUT2D eigenvalue weighted by Crippen LogP contribution is -2.73. The van der Waals surface area contributed by atoms with E-state index in [-0.39, 0.29) is 16.9 Å². The lowest BCUT2D eigenvalue weighted by molar-refractivity contribution is -0.115. The molecule has 0 aliphatic carbocycles. The Morgan fingerprint density at radius 1 is 1.11 bits per heavy atom. The lowest BCUT2D eigenvalue weighted by atomic mass is 9.74. The molecule has 4 heterocycles. The minimum atomic E-state index is -3.50. The summed E-state index contributed by atoms with van der Waals surface area (Å²) in [6, 6.07) is 10.0. The topological polar surface area (TPSA) is 131 Å². The summed E-state index contributed by atoms with van der Waals surface area (Å²) in [5, 5.41) is 1.79. The molecule has 3 saturated heterocycles. The second-order valence-corrected chi connectivity index (χ2v) is 11.5. The second-order valence-electron chi connectivity index (χ2n) is 8.57. The molecule has 2 aromatic rings. The highest BCUT2D eigenvalue weighted by molar-refractivity contribution is 8.18. The van der Waals surface area contributed by atoms with E-state index in [4.69, 9.17) is 9.47 Å². The maximum atomic E-state index is 12.8. The summed E-state index contributed by atoms with van der Waals surface area (Å²) in [7, 11) is -1.94. The van der Waals surface area contributed by atoms with E-state index in [1.165, 1.54) is 10.4 Å². The van der Waals surface area contributed by atoms with Crippen molar-refractivity contribution in [1.29, 1.82) is 0 Å². The Bertz CT molecular complexity index is 1290. The predicted octanol–water partition coefficient (Wildman–Crippen LogP) is 1.34. The van der Waals surface area contributed by atoms with Gasteiger partial charge in [0.25, 0.3) is 11.1 Å². The van der Waals surface area contributed by atoms with Crippen LogP contribution in [0.3, 0.4) is 0 Å². The number of ether oxygens (including phenoxy) is 2. The number of carbonyl (C=O) groups is 2. The number of methoxy groups -OCH3 is 1. The first-order valence-corrected chi connectivity index (χ1v) is 13.1. The molecule has 1 N–H and O–H groups in total. The molecular weight excluding hydrogens is 494 g/mol. The van der Waals surface area contributed by atoms with Gasteiger partial charge in [-0.2, -0.15) is 9.29 Å². The van der Waals surface area contributed by atoms with E-state index in [9.17, 15) is 18.0 Å². The molecular formula is C22H23N5O6S2. The number of hydrogen-bond acceptors (Lipinski definition) is 10. The van der Waals surface area contributed by atoms with Crippen LogP contribution in [0.1, 0.15) is 5.69 Å². The first kappa shape index (κ1) is 23.7. The average molecular weight is 518 g/mol. The van der Waals surface area contributed by atoms with Crippen LogP contribution in [0, 0.1) is 5.41 Å². The number of imide groups is 1. The minimum absolute atomic E-state index is 0.148. The Balaban J connectivity index is 1.30. The van der Waals surface area contributed by atoms with Gasteiger partial charge in [0.1, 0.15) is 6.61 Å². The van der Waals surface area contributed by atoms with Crippen molar-refractivity contribution in [3.8, 4) is 5.88 Å². The first-order chi connectivity index (χ1) is 16.8.